The fourth-order valence-corrected chi connectivity index (χ4v) is 2.63. The summed E-state index contributed by atoms with van der Waals surface area (Å²) < 4.78 is 4.97. The average molecular weight is 273 g/mol. The molecule has 1 aliphatic carbocycles. The number of terminal acetylenes is 1. The van der Waals surface area contributed by atoms with E-state index in [1.54, 1.807) is 13.1 Å². The second-order valence-corrected chi connectivity index (χ2v) is 5.08. The lowest BCUT2D eigenvalue weighted by Crippen LogP contribution is -2.49. The van der Waals surface area contributed by atoms with Crippen molar-refractivity contribution in [3.05, 3.63) is 17.6 Å². The number of nitrogens with zero attached hydrogens (tertiary/aromatic N) is 2. The summed E-state index contributed by atoms with van der Waals surface area (Å²) in [6.45, 7) is 1.79. The lowest BCUT2D eigenvalue weighted by Gasteiger charge is -2.35. The van der Waals surface area contributed by atoms with Gasteiger partial charge >= 0.3 is 5.97 Å². The SMILES string of the molecule is C#Cc1cnc(C)nc1NC1(C(=O)OC)CCCCC1. The summed E-state index contributed by atoms with van der Waals surface area (Å²) in [6, 6.07) is 0. The molecule has 0 amide bonds. The van der Waals surface area contributed by atoms with Gasteiger partial charge in [-0.05, 0) is 19.8 Å². The van der Waals surface area contributed by atoms with Crippen molar-refractivity contribution < 1.29 is 9.53 Å². The van der Waals surface area contributed by atoms with E-state index in [0.717, 1.165) is 32.1 Å². The fraction of sp³-hybridized carbons (Fsp3) is 0.533. The molecule has 0 spiro atoms. The predicted octanol–water partition coefficient (Wildman–Crippen LogP) is 2.05. The van der Waals surface area contributed by atoms with E-state index in [-0.39, 0.29) is 5.97 Å². The average Bonchev–Trinajstić information content (AvgIpc) is 2.47. The van der Waals surface area contributed by atoms with Crippen LogP contribution in [0.4, 0.5) is 5.82 Å². The van der Waals surface area contributed by atoms with Gasteiger partial charge in [-0.3, -0.25) is 0 Å². The maximum Gasteiger partial charge on any atom is 0.331 e. The Bertz CT molecular complexity index is 543. The van der Waals surface area contributed by atoms with Crippen molar-refractivity contribution >= 4 is 11.8 Å². The third-order valence-corrected chi connectivity index (χ3v) is 3.71. The van der Waals surface area contributed by atoms with Crippen LogP contribution >= 0.6 is 0 Å². The molecule has 0 bridgehead atoms. The Hall–Kier alpha value is -2.09. The molecule has 2 rings (SSSR count). The predicted molar refractivity (Wildman–Crippen MR) is 76.2 cm³/mol. The largest absolute Gasteiger partial charge is 0.467 e. The van der Waals surface area contributed by atoms with Crippen LogP contribution < -0.4 is 5.32 Å². The van der Waals surface area contributed by atoms with Crippen LogP contribution in [0.15, 0.2) is 6.20 Å². The van der Waals surface area contributed by atoms with E-state index in [1.807, 2.05) is 0 Å². The number of ether oxygens (including phenoxy) is 1. The Morgan fingerprint density at radius 1 is 1.45 bits per heavy atom. The molecule has 1 heterocycles. The second-order valence-electron chi connectivity index (χ2n) is 5.08. The topological polar surface area (TPSA) is 64.1 Å². The number of hydrogen-bond acceptors (Lipinski definition) is 5. The highest BCUT2D eigenvalue weighted by molar-refractivity contribution is 5.84. The standard InChI is InChI=1S/C15H19N3O2/c1-4-12-10-16-11(2)17-13(12)18-15(14(19)20-3)8-6-5-7-9-15/h1,10H,5-9H2,2-3H3,(H,16,17,18). The summed E-state index contributed by atoms with van der Waals surface area (Å²) in [6.07, 6.45) is 11.6. The van der Waals surface area contributed by atoms with Crippen LogP contribution in [0.25, 0.3) is 0 Å². The Kier molecular flexibility index (Phi) is 4.23. The maximum absolute atomic E-state index is 12.2. The van der Waals surface area contributed by atoms with Crippen LogP contribution in [-0.4, -0.2) is 28.6 Å². The van der Waals surface area contributed by atoms with Gasteiger partial charge in [0.05, 0.1) is 12.7 Å². The van der Waals surface area contributed by atoms with E-state index in [2.05, 4.69) is 21.2 Å². The fourth-order valence-electron chi connectivity index (χ4n) is 2.63. The molecule has 1 N–H and O–H groups in total. The molecule has 5 heteroatoms. The van der Waals surface area contributed by atoms with Crippen LogP contribution in [-0.2, 0) is 9.53 Å². The van der Waals surface area contributed by atoms with E-state index in [9.17, 15) is 4.79 Å². The van der Waals surface area contributed by atoms with Gasteiger partial charge in [0.1, 0.15) is 17.2 Å². The monoisotopic (exact) mass is 273 g/mol. The molecule has 0 saturated heterocycles. The van der Waals surface area contributed by atoms with Crippen LogP contribution in [0, 0.1) is 19.3 Å². The molecule has 1 saturated carbocycles. The highest BCUT2D eigenvalue weighted by atomic mass is 16.5. The van der Waals surface area contributed by atoms with Gasteiger partial charge in [-0.25, -0.2) is 14.8 Å². The van der Waals surface area contributed by atoms with Crippen molar-refractivity contribution in [1.29, 1.82) is 0 Å². The Labute approximate surface area is 119 Å². The lowest BCUT2D eigenvalue weighted by molar-refractivity contribution is -0.147. The number of aromatic nitrogens is 2. The molecule has 1 aliphatic rings. The van der Waals surface area contributed by atoms with E-state index < -0.39 is 5.54 Å². The van der Waals surface area contributed by atoms with Crippen LogP contribution in [0.2, 0.25) is 0 Å². The molecule has 1 aromatic rings. The number of nitrogens with one attached hydrogen (secondary N) is 1. The number of carbonyl (C=O) groups is 1. The van der Waals surface area contributed by atoms with Gasteiger partial charge in [0.2, 0.25) is 0 Å². The Morgan fingerprint density at radius 2 is 2.15 bits per heavy atom. The molecular formula is C15H19N3O2. The van der Waals surface area contributed by atoms with Crippen molar-refractivity contribution in [1.82, 2.24) is 9.97 Å². The molecule has 1 aromatic heterocycles. The van der Waals surface area contributed by atoms with E-state index >= 15 is 0 Å². The summed E-state index contributed by atoms with van der Waals surface area (Å²) >= 11 is 0. The second kappa shape index (κ2) is 5.91. The molecule has 5 nitrogen and oxygen atoms in total. The Morgan fingerprint density at radius 3 is 2.75 bits per heavy atom. The summed E-state index contributed by atoms with van der Waals surface area (Å²) in [5.41, 5.74) is -0.163. The van der Waals surface area contributed by atoms with Gasteiger partial charge in [-0.1, -0.05) is 25.2 Å². The van der Waals surface area contributed by atoms with Gasteiger partial charge in [-0.2, -0.15) is 0 Å². The van der Waals surface area contributed by atoms with Gasteiger partial charge in [0.15, 0.2) is 0 Å². The molecule has 106 valence electrons. The summed E-state index contributed by atoms with van der Waals surface area (Å²) in [5, 5.41) is 3.24. The molecule has 0 atom stereocenters. The van der Waals surface area contributed by atoms with Crippen molar-refractivity contribution in [2.75, 3.05) is 12.4 Å². The van der Waals surface area contributed by atoms with E-state index in [4.69, 9.17) is 11.2 Å². The third-order valence-electron chi connectivity index (χ3n) is 3.71. The van der Waals surface area contributed by atoms with Crippen molar-refractivity contribution in [3.8, 4) is 12.3 Å². The number of anilines is 1. The maximum atomic E-state index is 12.2. The van der Waals surface area contributed by atoms with Crippen molar-refractivity contribution in [2.24, 2.45) is 0 Å². The number of rotatable bonds is 3. The number of hydrogen-bond donors (Lipinski definition) is 1. The summed E-state index contributed by atoms with van der Waals surface area (Å²) in [7, 11) is 1.41. The number of carbonyl (C=O) groups excluding carboxylic acids is 1. The van der Waals surface area contributed by atoms with Gasteiger partial charge in [0, 0.05) is 6.20 Å². The molecule has 0 aromatic carbocycles. The number of esters is 1. The van der Waals surface area contributed by atoms with Crippen LogP contribution in [0.5, 0.6) is 0 Å². The zero-order valence-corrected chi connectivity index (χ0v) is 11.9. The van der Waals surface area contributed by atoms with Gasteiger partial charge in [0.25, 0.3) is 0 Å². The van der Waals surface area contributed by atoms with Gasteiger partial charge < -0.3 is 10.1 Å². The molecule has 0 radical (unpaired) electrons. The minimum Gasteiger partial charge on any atom is -0.467 e. The number of methoxy groups -OCH3 is 1. The van der Waals surface area contributed by atoms with Crippen molar-refractivity contribution in [2.45, 2.75) is 44.6 Å². The first-order chi connectivity index (χ1) is 9.61. The quantitative estimate of drug-likeness (QED) is 0.674. The number of aryl methyl sites for hydroxylation is 1. The normalized spacial score (nSPS) is 17.1. The molecule has 1 fully saturated rings. The molecule has 20 heavy (non-hydrogen) atoms. The molecule has 0 aliphatic heterocycles. The molecule has 0 unspecified atom stereocenters. The third kappa shape index (κ3) is 2.74. The first kappa shape index (κ1) is 14.3. The first-order valence-electron chi connectivity index (χ1n) is 6.78. The van der Waals surface area contributed by atoms with E-state index in [0.29, 0.717) is 17.2 Å². The smallest absolute Gasteiger partial charge is 0.331 e. The molecular weight excluding hydrogens is 254 g/mol. The highest BCUT2D eigenvalue weighted by Crippen LogP contribution is 2.33. The van der Waals surface area contributed by atoms with Crippen molar-refractivity contribution in [3.63, 3.8) is 0 Å². The Balaban J connectivity index is 2.35. The zero-order valence-electron chi connectivity index (χ0n) is 11.9. The summed E-state index contributed by atoms with van der Waals surface area (Å²) in [5.74, 6) is 3.44. The first-order valence-corrected chi connectivity index (χ1v) is 6.78. The van der Waals surface area contributed by atoms with Crippen LogP contribution in [0.1, 0.15) is 43.5 Å². The lowest BCUT2D eigenvalue weighted by atomic mass is 9.81. The minimum atomic E-state index is -0.723. The zero-order chi connectivity index (χ0) is 14.6. The highest BCUT2D eigenvalue weighted by Gasteiger charge is 2.41. The summed E-state index contributed by atoms with van der Waals surface area (Å²) in [4.78, 5) is 20.6. The van der Waals surface area contributed by atoms with Gasteiger partial charge in [-0.15, -0.1) is 6.42 Å². The minimum absolute atomic E-state index is 0.253. The van der Waals surface area contributed by atoms with Crippen LogP contribution in [0.3, 0.4) is 0 Å². The van der Waals surface area contributed by atoms with E-state index in [1.165, 1.54) is 7.11 Å².